The summed E-state index contributed by atoms with van der Waals surface area (Å²) >= 11 is 0. The van der Waals surface area contributed by atoms with Crippen molar-refractivity contribution >= 4 is 23.8 Å². The minimum absolute atomic E-state index is 0.0453. The molecule has 2 heteroatoms. The molecule has 0 fully saturated rings. The van der Waals surface area contributed by atoms with Crippen LogP contribution in [0.15, 0.2) is 35.8 Å². The maximum Gasteiger partial charge on any atom is 0.159 e. The number of Topliss-reactive ketones (excluding diaryl/α,β-unsaturated/α-hetero) is 1. The number of carbonyl (C=O) groups is 1. The van der Waals surface area contributed by atoms with E-state index in [0.717, 1.165) is 5.56 Å². The molecule has 0 saturated heterocycles. The molecule has 0 aliphatic carbocycles. The second-order valence-corrected chi connectivity index (χ2v) is 2.71. The fraction of sp³-hybridized carbons (Fsp3) is 0.0909. The molecular formula is C11H11NO. The number of nitrogens with zero attached hydrogens (tertiary/aromatic N) is 1. The van der Waals surface area contributed by atoms with Crippen molar-refractivity contribution in [3.05, 3.63) is 36.4 Å². The molecule has 1 aromatic carbocycles. The van der Waals surface area contributed by atoms with E-state index in [4.69, 9.17) is 0 Å². The molecule has 0 aromatic heterocycles. The second kappa shape index (κ2) is 3.81. The zero-order chi connectivity index (χ0) is 9.84. The molecule has 66 valence electrons. The van der Waals surface area contributed by atoms with E-state index in [1.54, 1.807) is 6.07 Å². The number of hydrogen-bond donors (Lipinski definition) is 0. The highest BCUT2D eigenvalue weighted by atomic mass is 16.1. The predicted octanol–water partition coefficient (Wildman–Crippen LogP) is 2.62. The van der Waals surface area contributed by atoms with E-state index in [-0.39, 0.29) is 5.78 Å². The van der Waals surface area contributed by atoms with Crippen LogP contribution in [0.1, 0.15) is 12.5 Å². The Morgan fingerprint density at radius 3 is 2.54 bits per heavy atom. The maximum absolute atomic E-state index is 11.1. The van der Waals surface area contributed by atoms with Gasteiger partial charge >= 0.3 is 0 Å². The Morgan fingerprint density at radius 2 is 2.00 bits per heavy atom. The van der Waals surface area contributed by atoms with Gasteiger partial charge in [0.15, 0.2) is 5.78 Å². The normalized spacial score (nSPS) is 9.31. The van der Waals surface area contributed by atoms with Crippen LogP contribution in [0.2, 0.25) is 0 Å². The number of allylic oxidation sites excluding steroid dienone is 1. The predicted molar refractivity (Wildman–Crippen MR) is 55.4 cm³/mol. The Bertz CT molecular complexity index is 366. The molecule has 1 rings (SSSR count). The lowest BCUT2D eigenvalue weighted by Gasteiger charge is -2.04. The number of aliphatic imine (C=N–C) groups is 1. The van der Waals surface area contributed by atoms with Crippen molar-refractivity contribution in [2.45, 2.75) is 6.92 Å². The molecule has 13 heavy (non-hydrogen) atoms. The number of para-hydroxylation sites is 1. The van der Waals surface area contributed by atoms with E-state index in [1.807, 2.05) is 18.2 Å². The third kappa shape index (κ3) is 1.90. The number of benzene rings is 1. The highest BCUT2D eigenvalue weighted by molar-refractivity contribution is 6.20. The Balaban J connectivity index is 3.20. The molecular weight excluding hydrogens is 162 g/mol. The largest absolute Gasteiger partial charge is 0.295 e. The summed E-state index contributed by atoms with van der Waals surface area (Å²) in [6.45, 7) is 8.61. The summed E-state index contributed by atoms with van der Waals surface area (Å²) in [5.41, 5.74) is 1.93. The monoisotopic (exact) mass is 173 g/mol. The Kier molecular flexibility index (Phi) is 2.75. The highest BCUT2D eigenvalue weighted by Gasteiger charge is 2.07. The zero-order valence-corrected chi connectivity index (χ0v) is 7.58. The van der Waals surface area contributed by atoms with Crippen LogP contribution in [0.3, 0.4) is 0 Å². The van der Waals surface area contributed by atoms with Crippen LogP contribution in [-0.4, -0.2) is 12.5 Å². The average Bonchev–Trinajstić information content (AvgIpc) is 2.16. The zero-order valence-electron chi connectivity index (χ0n) is 7.58. The average molecular weight is 173 g/mol. The Hall–Kier alpha value is -1.70. The summed E-state index contributed by atoms with van der Waals surface area (Å²) < 4.78 is 0. The van der Waals surface area contributed by atoms with E-state index >= 15 is 0 Å². The summed E-state index contributed by atoms with van der Waals surface area (Å²) in [4.78, 5) is 14.9. The molecule has 0 bridgehead atoms. The lowest BCUT2D eigenvalue weighted by Crippen LogP contribution is -1.93. The number of rotatable bonds is 3. The lowest BCUT2D eigenvalue weighted by molar-refractivity contribution is -0.111. The molecule has 0 radical (unpaired) electrons. The molecule has 0 atom stereocenters. The van der Waals surface area contributed by atoms with Crippen molar-refractivity contribution in [1.29, 1.82) is 0 Å². The van der Waals surface area contributed by atoms with E-state index in [9.17, 15) is 4.79 Å². The van der Waals surface area contributed by atoms with Crippen molar-refractivity contribution in [2.75, 3.05) is 0 Å². The first-order valence-corrected chi connectivity index (χ1v) is 3.92. The SMILES string of the molecule is C=Nc1ccccc1C(=C)C(C)=O. The van der Waals surface area contributed by atoms with Crippen molar-refractivity contribution in [3.63, 3.8) is 0 Å². The first kappa shape index (κ1) is 9.39. The lowest BCUT2D eigenvalue weighted by atomic mass is 10.0. The standard InChI is InChI=1S/C11H11NO/c1-8(9(2)13)10-6-4-5-7-11(10)12-3/h4-7H,1,3H2,2H3. The third-order valence-corrected chi connectivity index (χ3v) is 1.82. The van der Waals surface area contributed by atoms with Gasteiger partial charge in [-0.15, -0.1) is 0 Å². The van der Waals surface area contributed by atoms with Gasteiger partial charge in [0.2, 0.25) is 0 Å². The van der Waals surface area contributed by atoms with Crippen LogP contribution in [0.25, 0.3) is 5.57 Å². The van der Waals surface area contributed by atoms with E-state index in [2.05, 4.69) is 18.3 Å². The molecule has 0 aliphatic rings. The molecule has 0 aliphatic heterocycles. The number of hydrogen-bond acceptors (Lipinski definition) is 2. The van der Waals surface area contributed by atoms with Gasteiger partial charge in [0.1, 0.15) is 0 Å². The molecule has 0 amide bonds. The van der Waals surface area contributed by atoms with E-state index in [1.165, 1.54) is 6.92 Å². The minimum Gasteiger partial charge on any atom is -0.295 e. The number of carbonyl (C=O) groups excluding carboxylic acids is 1. The van der Waals surface area contributed by atoms with Crippen LogP contribution < -0.4 is 0 Å². The third-order valence-electron chi connectivity index (χ3n) is 1.82. The highest BCUT2D eigenvalue weighted by Crippen LogP contribution is 2.24. The van der Waals surface area contributed by atoms with E-state index in [0.29, 0.717) is 11.3 Å². The van der Waals surface area contributed by atoms with Crippen LogP contribution in [-0.2, 0) is 4.79 Å². The van der Waals surface area contributed by atoms with Crippen molar-refractivity contribution < 1.29 is 4.79 Å². The van der Waals surface area contributed by atoms with Gasteiger partial charge in [0.25, 0.3) is 0 Å². The minimum atomic E-state index is -0.0453. The Morgan fingerprint density at radius 1 is 1.38 bits per heavy atom. The molecule has 2 nitrogen and oxygen atoms in total. The summed E-state index contributed by atoms with van der Waals surface area (Å²) in [5.74, 6) is -0.0453. The van der Waals surface area contributed by atoms with Crippen molar-refractivity contribution in [2.24, 2.45) is 4.99 Å². The quantitative estimate of drug-likeness (QED) is 0.510. The van der Waals surface area contributed by atoms with Crippen LogP contribution in [0, 0.1) is 0 Å². The Labute approximate surface area is 77.6 Å². The summed E-state index contributed by atoms with van der Waals surface area (Å²) in [6.07, 6.45) is 0. The first-order valence-electron chi connectivity index (χ1n) is 3.92. The first-order chi connectivity index (χ1) is 6.16. The van der Waals surface area contributed by atoms with Gasteiger partial charge in [0, 0.05) is 11.1 Å². The second-order valence-electron chi connectivity index (χ2n) is 2.71. The molecule has 0 saturated carbocycles. The topological polar surface area (TPSA) is 29.4 Å². The van der Waals surface area contributed by atoms with Crippen LogP contribution in [0.5, 0.6) is 0 Å². The smallest absolute Gasteiger partial charge is 0.159 e. The fourth-order valence-electron chi connectivity index (χ4n) is 1.06. The molecule has 1 aromatic rings. The molecule has 0 unspecified atom stereocenters. The van der Waals surface area contributed by atoms with Crippen LogP contribution >= 0.6 is 0 Å². The van der Waals surface area contributed by atoms with Gasteiger partial charge in [-0.05, 0) is 19.7 Å². The van der Waals surface area contributed by atoms with Gasteiger partial charge in [-0.1, -0.05) is 24.8 Å². The van der Waals surface area contributed by atoms with Crippen molar-refractivity contribution in [3.8, 4) is 0 Å². The van der Waals surface area contributed by atoms with Crippen molar-refractivity contribution in [1.82, 2.24) is 0 Å². The van der Waals surface area contributed by atoms with Gasteiger partial charge < -0.3 is 0 Å². The molecule has 0 heterocycles. The van der Waals surface area contributed by atoms with Gasteiger partial charge in [-0.2, -0.15) is 0 Å². The van der Waals surface area contributed by atoms with Gasteiger partial charge in [0.05, 0.1) is 5.69 Å². The van der Waals surface area contributed by atoms with Gasteiger partial charge in [-0.3, -0.25) is 9.79 Å². The summed E-state index contributed by atoms with van der Waals surface area (Å²) in [6, 6.07) is 7.31. The fourth-order valence-corrected chi connectivity index (χ4v) is 1.06. The molecule has 0 N–H and O–H groups in total. The summed E-state index contributed by atoms with van der Waals surface area (Å²) in [7, 11) is 0. The number of ketones is 1. The van der Waals surface area contributed by atoms with E-state index < -0.39 is 0 Å². The van der Waals surface area contributed by atoms with Gasteiger partial charge in [-0.25, -0.2) is 0 Å². The molecule has 0 spiro atoms. The summed E-state index contributed by atoms with van der Waals surface area (Å²) in [5, 5.41) is 0. The van der Waals surface area contributed by atoms with Crippen LogP contribution in [0.4, 0.5) is 5.69 Å². The maximum atomic E-state index is 11.1.